The third-order valence-corrected chi connectivity index (χ3v) is 13.7. The number of hydrogen-bond acceptors (Lipinski definition) is 6. The van der Waals surface area contributed by atoms with E-state index in [1.165, 1.54) is 218 Å². The fourth-order valence-electron chi connectivity index (χ4n) is 9.11. The summed E-state index contributed by atoms with van der Waals surface area (Å²) in [6.07, 6.45) is 67.4. The van der Waals surface area contributed by atoms with Crippen LogP contribution in [0.2, 0.25) is 0 Å². The summed E-state index contributed by atoms with van der Waals surface area (Å²) in [5, 5.41) is 0. The van der Waals surface area contributed by atoms with Gasteiger partial charge in [0.15, 0.2) is 6.10 Å². The number of carbonyl (C=O) groups is 3. The number of esters is 3. The molecule has 6 nitrogen and oxygen atoms in total. The Bertz CT molecular complexity index is 1100. The summed E-state index contributed by atoms with van der Waals surface area (Å²) >= 11 is 0. The van der Waals surface area contributed by atoms with Gasteiger partial charge in [0, 0.05) is 19.3 Å². The van der Waals surface area contributed by atoms with Gasteiger partial charge in [0.1, 0.15) is 13.2 Å². The largest absolute Gasteiger partial charge is 0.462 e. The second-order valence-electron chi connectivity index (χ2n) is 20.6. The van der Waals surface area contributed by atoms with Gasteiger partial charge in [0.2, 0.25) is 0 Å². The number of carbonyl (C=O) groups excluding carboxylic acids is 3. The van der Waals surface area contributed by atoms with Crippen LogP contribution in [0.15, 0.2) is 24.3 Å². The lowest BCUT2D eigenvalue weighted by molar-refractivity contribution is -0.167. The van der Waals surface area contributed by atoms with Crippen molar-refractivity contribution in [1.29, 1.82) is 0 Å². The van der Waals surface area contributed by atoms with Gasteiger partial charge in [-0.05, 0) is 44.9 Å². The summed E-state index contributed by atoms with van der Waals surface area (Å²) in [6, 6.07) is 0. The van der Waals surface area contributed by atoms with Crippen LogP contribution in [0, 0.1) is 0 Å². The highest BCUT2D eigenvalue weighted by atomic mass is 16.6. The van der Waals surface area contributed by atoms with Crippen LogP contribution in [-0.4, -0.2) is 37.2 Å². The van der Waals surface area contributed by atoms with Gasteiger partial charge in [-0.3, -0.25) is 14.4 Å². The molecule has 68 heavy (non-hydrogen) atoms. The molecule has 1 atom stereocenters. The molecular weight excluding hydrogens is 841 g/mol. The van der Waals surface area contributed by atoms with Gasteiger partial charge in [-0.1, -0.05) is 295 Å². The molecule has 0 aliphatic rings. The second-order valence-corrected chi connectivity index (χ2v) is 20.6. The van der Waals surface area contributed by atoms with Crippen molar-refractivity contribution in [2.45, 2.75) is 341 Å². The van der Waals surface area contributed by atoms with Crippen LogP contribution in [-0.2, 0) is 28.6 Å². The van der Waals surface area contributed by atoms with Crippen LogP contribution < -0.4 is 0 Å². The summed E-state index contributed by atoms with van der Waals surface area (Å²) in [6.45, 7) is 6.65. The first-order chi connectivity index (χ1) is 33.5. The number of rotatable bonds is 56. The maximum atomic E-state index is 12.9. The Morgan fingerprint density at radius 2 is 0.544 bits per heavy atom. The molecule has 0 N–H and O–H groups in total. The molecule has 6 heteroatoms. The molecule has 0 heterocycles. The van der Waals surface area contributed by atoms with Crippen molar-refractivity contribution >= 4 is 17.9 Å². The van der Waals surface area contributed by atoms with Gasteiger partial charge in [0.25, 0.3) is 0 Å². The predicted octanol–water partition coefficient (Wildman–Crippen LogP) is 20.3. The molecular formula is C62H116O6. The van der Waals surface area contributed by atoms with Crippen molar-refractivity contribution in [2.24, 2.45) is 0 Å². The maximum absolute atomic E-state index is 12.9. The molecule has 400 valence electrons. The Balaban J connectivity index is 4.31. The molecule has 0 spiro atoms. The SMILES string of the molecule is CCCC/C=C\C/C=C\CCCCCCCC(=O)OC[C@H](COC(=O)CCCCCCCCCCCCCCCCCCCCC)OC(=O)CCCCCCCCCCCCCCCCCCC. The molecule has 0 aliphatic carbocycles. The lowest BCUT2D eigenvalue weighted by atomic mass is 10.0. The summed E-state index contributed by atoms with van der Waals surface area (Å²) in [5.41, 5.74) is 0. The van der Waals surface area contributed by atoms with Crippen LogP contribution in [0.1, 0.15) is 335 Å². The third-order valence-electron chi connectivity index (χ3n) is 13.7. The summed E-state index contributed by atoms with van der Waals surface area (Å²) in [5.74, 6) is -0.859. The highest BCUT2D eigenvalue weighted by Crippen LogP contribution is 2.18. The normalized spacial score (nSPS) is 12.1. The smallest absolute Gasteiger partial charge is 0.306 e. The number of allylic oxidation sites excluding steroid dienone is 4. The Labute approximate surface area is 423 Å². The lowest BCUT2D eigenvalue weighted by Crippen LogP contribution is -2.30. The van der Waals surface area contributed by atoms with E-state index in [9.17, 15) is 14.4 Å². The van der Waals surface area contributed by atoms with Gasteiger partial charge in [-0.25, -0.2) is 0 Å². The third kappa shape index (κ3) is 54.8. The Hall–Kier alpha value is -2.11. The highest BCUT2D eigenvalue weighted by Gasteiger charge is 2.19. The van der Waals surface area contributed by atoms with E-state index in [0.29, 0.717) is 19.3 Å². The molecule has 0 fully saturated rings. The quantitative estimate of drug-likeness (QED) is 0.0262. The minimum Gasteiger partial charge on any atom is -0.462 e. The van der Waals surface area contributed by atoms with Crippen molar-refractivity contribution in [2.75, 3.05) is 13.2 Å². The van der Waals surface area contributed by atoms with Crippen molar-refractivity contribution < 1.29 is 28.6 Å². The van der Waals surface area contributed by atoms with E-state index >= 15 is 0 Å². The van der Waals surface area contributed by atoms with Gasteiger partial charge < -0.3 is 14.2 Å². The standard InChI is InChI=1S/C62H116O6/c1-4-7-10-13-16-19-22-25-28-30-31-33-34-37-40-43-46-49-52-55-61(64)67-58-59(57-66-60(63)54-51-48-45-42-39-36-27-24-21-18-15-12-9-6-3)68-62(65)56-53-50-47-44-41-38-35-32-29-26-23-20-17-14-11-8-5-2/h15,18,24,27,59H,4-14,16-17,19-23,25-26,28-58H2,1-3H3/b18-15-,27-24-/t59-/m1/s1. The van der Waals surface area contributed by atoms with Gasteiger partial charge in [-0.2, -0.15) is 0 Å². The van der Waals surface area contributed by atoms with E-state index < -0.39 is 6.10 Å². The zero-order chi connectivity index (χ0) is 49.3. The molecule has 0 aliphatic heterocycles. The van der Waals surface area contributed by atoms with E-state index in [1.807, 2.05) is 0 Å². The zero-order valence-electron chi connectivity index (χ0n) is 45.9. The summed E-state index contributed by atoms with van der Waals surface area (Å²) < 4.78 is 16.9. The molecule has 0 aromatic carbocycles. The topological polar surface area (TPSA) is 78.9 Å². The van der Waals surface area contributed by atoms with Crippen LogP contribution >= 0.6 is 0 Å². The van der Waals surface area contributed by atoms with Crippen LogP contribution in [0.5, 0.6) is 0 Å². The highest BCUT2D eigenvalue weighted by molar-refractivity contribution is 5.71. The summed E-state index contributed by atoms with van der Waals surface area (Å²) in [4.78, 5) is 38.2. The summed E-state index contributed by atoms with van der Waals surface area (Å²) in [7, 11) is 0. The Kier molecular flexibility index (Phi) is 55.7. The van der Waals surface area contributed by atoms with E-state index in [1.54, 1.807) is 0 Å². The molecule has 0 saturated heterocycles. The molecule has 0 amide bonds. The number of hydrogen-bond donors (Lipinski definition) is 0. The fourth-order valence-corrected chi connectivity index (χ4v) is 9.11. The molecule has 0 aromatic heterocycles. The average Bonchev–Trinajstić information content (AvgIpc) is 3.34. The molecule has 0 rings (SSSR count). The van der Waals surface area contributed by atoms with Crippen molar-refractivity contribution in [1.82, 2.24) is 0 Å². The monoisotopic (exact) mass is 957 g/mol. The molecule has 0 unspecified atom stereocenters. The zero-order valence-corrected chi connectivity index (χ0v) is 45.9. The minimum atomic E-state index is -0.772. The lowest BCUT2D eigenvalue weighted by Gasteiger charge is -2.18. The first kappa shape index (κ1) is 65.9. The van der Waals surface area contributed by atoms with Crippen molar-refractivity contribution in [3.8, 4) is 0 Å². The molecule has 0 bridgehead atoms. The van der Waals surface area contributed by atoms with E-state index in [2.05, 4.69) is 45.1 Å². The van der Waals surface area contributed by atoms with E-state index in [4.69, 9.17) is 14.2 Å². The van der Waals surface area contributed by atoms with E-state index in [0.717, 1.165) is 77.0 Å². The Morgan fingerprint density at radius 3 is 0.853 bits per heavy atom. The first-order valence-electron chi connectivity index (χ1n) is 30.3. The van der Waals surface area contributed by atoms with Gasteiger partial charge >= 0.3 is 17.9 Å². The van der Waals surface area contributed by atoms with Gasteiger partial charge in [0.05, 0.1) is 0 Å². The molecule has 0 saturated carbocycles. The van der Waals surface area contributed by atoms with Crippen molar-refractivity contribution in [3.63, 3.8) is 0 Å². The van der Waals surface area contributed by atoms with Crippen molar-refractivity contribution in [3.05, 3.63) is 24.3 Å². The first-order valence-corrected chi connectivity index (χ1v) is 30.3. The Morgan fingerprint density at radius 1 is 0.294 bits per heavy atom. The van der Waals surface area contributed by atoms with Gasteiger partial charge in [-0.15, -0.1) is 0 Å². The number of unbranched alkanes of at least 4 members (excludes halogenated alkanes) is 41. The van der Waals surface area contributed by atoms with E-state index in [-0.39, 0.29) is 31.1 Å². The maximum Gasteiger partial charge on any atom is 0.306 e. The average molecular weight is 958 g/mol. The number of ether oxygens (including phenoxy) is 3. The second kappa shape index (κ2) is 57.5. The predicted molar refractivity (Wildman–Crippen MR) is 293 cm³/mol. The fraction of sp³-hybridized carbons (Fsp3) is 0.887. The van der Waals surface area contributed by atoms with Crippen LogP contribution in [0.4, 0.5) is 0 Å². The van der Waals surface area contributed by atoms with Crippen LogP contribution in [0.25, 0.3) is 0 Å². The molecule has 0 aromatic rings. The van der Waals surface area contributed by atoms with Crippen LogP contribution in [0.3, 0.4) is 0 Å². The minimum absolute atomic E-state index is 0.0698. The molecule has 0 radical (unpaired) electrons.